The van der Waals surface area contributed by atoms with E-state index in [2.05, 4.69) is 15.2 Å². The van der Waals surface area contributed by atoms with E-state index >= 15 is 0 Å². The highest BCUT2D eigenvalue weighted by molar-refractivity contribution is 5.65. The molecular formula is C3H6N2O2. The second-order valence-electron chi connectivity index (χ2n) is 0.865. The van der Waals surface area contributed by atoms with Crippen molar-refractivity contribution >= 4 is 5.97 Å². The van der Waals surface area contributed by atoms with Crippen LogP contribution < -0.4 is 0 Å². The van der Waals surface area contributed by atoms with Crippen LogP contribution in [-0.2, 0) is 9.63 Å². The SMILES string of the molecule is CN=NOC(C)=O. The lowest BCUT2D eigenvalue weighted by Crippen LogP contribution is -1.88. The van der Waals surface area contributed by atoms with Crippen LogP contribution in [0.4, 0.5) is 0 Å². The van der Waals surface area contributed by atoms with Gasteiger partial charge in [-0.15, -0.1) is 0 Å². The third-order valence-electron chi connectivity index (χ3n) is 0.251. The molecule has 0 spiro atoms. The van der Waals surface area contributed by atoms with Crippen LogP contribution in [0.15, 0.2) is 10.4 Å². The van der Waals surface area contributed by atoms with Crippen molar-refractivity contribution in [2.75, 3.05) is 7.05 Å². The molecule has 0 aromatic heterocycles. The molecule has 0 heterocycles. The van der Waals surface area contributed by atoms with Crippen LogP contribution in [-0.4, -0.2) is 13.0 Å². The van der Waals surface area contributed by atoms with Gasteiger partial charge in [-0.3, -0.25) is 0 Å². The summed E-state index contributed by atoms with van der Waals surface area (Å²) in [5.74, 6) is -0.453. The second-order valence-corrected chi connectivity index (χ2v) is 0.865. The molecule has 0 aliphatic carbocycles. The van der Waals surface area contributed by atoms with Crippen molar-refractivity contribution in [3.63, 3.8) is 0 Å². The lowest BCUT2D eigenvalue weighted by Gasteiger charge is -1.81. The Bertz CT molecular complexity index is 88.9. The maximum absolute atomic E-state index is 9.83. The Morgan fingerprint density at radius 2 is 2.29 bits per heavy atom. The van der Waals surface area contributed by atoms with Crippen LogP contribution in [0, 0.1) is 0 Å². The summed E-state index contributed by atoms with van der Waals surface area (Å²) in [5.41, 5.74) is 0. The molecule has 4 heteroatoms. The van der Waals surface area contributed by atoms with Crippen LogP contribution >= 0.6 is 0 Å². The Morgan fingerprint density at radius 3 is 2.43 bits per heavy atom. The van der Waals surface area contributed by atoms with Crippen LogP contribution in [0.25, 0.3) is 0 Å². The van der Waals surface area contributed by atoms with Gasteiger partial charge in [0.25, 0.3) is 0 Å². The summed E-state index contributed by atoms with van der Waals surface area (Å²) in [6.07, 6.45) is 0. The molecule has 0 aromatic rings. The molecule has 0 fully saturated rings. The van der Waals surface area contributed by atoms with Crippen molar-refractivity contribution in [3.8, 4) is 0 Å². The van der Waals surface area contributed by atoms with Gasteiger partial charge in [0.05, 0.1) is 7.05 Å². The quantitative estimate of drug-likeness (QED) is 0.358. The lowest BCUT2D eigenvalue weighted by molar-refractivity contribution is -0.141. The fourth-order valence-electron chi connectivity index (χ4n) is 0.0983. The number of carbonyl (C=O) groups is 1. The van der Waals surface area contributed by atoms with Gasteiger partial charge in [-0.1, -0.05) is 0 Å². The molecule has 0 saturated carbocycles. The van der Waals surface area contributed by atoms with E-state index in [-0.39, 0.29) is 0 Å². The minimum Gasteiger partial charge on any atom is -0.301 e. The first-order chi connectivity index (χ1) is 3.27. The van der Waals surface area contributed by atoms with E-state index in [4.69, 9.17) is 0 Å². The van der Waals surface area contributed by atoms with Gasteiger partial charge in [0.2, 0.25) is 0 Å². The van der Waals surface area contributed by atoms with Crippen molar-refractivity contribution in [3.05, 3.63) is 0 Å². The summed E-state index contributed by atoms with van der Waals surface area (Å²) < 4.78 is 0. The molecule has 0 unspecified atom stereocenters. The normalized spacial score (nSPS) is 9.43. The summed E-state index contributed by atoms with van der Waals surface area (Å²) in [4.78, 5) is 13.8. The Labute approximate surface area is 41.1 Å². The van der Waals surface area contributed by atoms with E-state index in [9.17, 15) is 4.79 Å². The standard InChI is InChI=1S/C3H6N2O2/c1-3(6)7-5-4-2/h1-2H3. The zero-order valence-corrected chi connectivity index (χ0v) is 4.21. The highest BCUT2D eigenvalue weighted by Crippen LogP contribution is 1.75. The summed E-state index contributed by atoms with van der Waals surface area (Å²) in [6, 6.07) is 0. The number of hydrogen-bond donors (Lipinski definition) is 0. The monoisotopic (exact) mass is 102 g/mol. The molecular weight excluding hydrogens is 96.0 g/mol. The molecule has 0 rings (SSSR count). The number of nitrogens with zero attached hydrogens (tertiary/aromatic N) is 2. The van der Waals surface area contributed by atoms with E-state index in [0.29, 0.717) is 0 Å². The van der Waals surface area contributed by atoms with Crippen molar-refractivity contribution in [1.29, 1.82) is 0 Å². The largest absolute Gasteiger partial charge is 0.333 e. The summed E-state index contributed by atoms with van der Waals surface area (Å²) in [6.45, 7) is 1.26. The van der Waals surface area contributed by atoms with E-state index in [1.807, 2.05) is 0 Å². The first kappa shape index (κ1) is 6.07. The van der Waals surface area contributed by atoms with Crippen LogP contribution in [0.5, 0.6) is 0 Å². The molecule has 40 valence electrons. The minimum absolute atomic E-state index is 0.453. The van der Waals surface area contributed by atoms with Gasteiger partial charge < -0.3 is 4.84 Å². The molecule has 0 amide bonds. The molecule has 4 nitrogen and oxygen atoms in total. The van der Waals surface area contributed by atoms with E-state index in [0.717, 1.165) is 0 Å². The maximum Gasteiger partial charge on any atom is 0.333 e. The number of rotatable bonds is 1. The average molecular weight is 102 g/mol. The lowest BCUT2D eigenvalue weighted by atomic mass is 10.8. The summed E-state index contributed by atoms with van der Waals surface area (Å²) in [5, 5.41) is 6.10. The zero-order valence-electron chi connectivity index (χ0n) is 4.21. The zero-order chi connectivity index (χ0) is 5.70. The molecule has 7 heavy (non-hydrogen) atoms. The van der Waals surface area contributed by atoms with Crippen molar-refractivity contribution in [2.24, 2.45) is 10.4 Å². The highest BCUT2D eigenvalue weighted by Gasteiger charge is 1.83. The Morgan fingerprint density at radius 1 is 1.71 bits per heavy atom. The summed E-state index contributed by atoms with van der Waals surface area (Å²) in [7, 11) is 1.42. The van der Waals surface area contributed by atoms with Gasteiger partial charge in [0.1, 0.15) is 0 Å². The van der Waals surface area contributed by atoms with E-state index < -0.39 is 5.97 Å². The number of hydrogen-bond acceptors (Lipinski definition) is 4. The predicted octanol–water partition coefficient (Wildman–Crippen LogP) is 0.546. The molecule has 0 N–H and O–H groups in total. The first-order valence-electron chi connectivity index (χ1n) is 1.74. The van der Waals surface area contributed by atoms with Gasteiger partial charge in [0, 0.05) is 12.2 Å². The second kappa shape index (κ2) is 3.27. The molecule has 0 aromatic carbocycles. The van der Waals surface area contributed by atoms with Crippen LogP contribution in [0.3, 0.4) is 0 Å². The van der Waals surface area contributed by atoms with E-state index in [1.165, 1.54) is 14.0 Å². The molecule has 0 aliphatic heterocycles. The van der Waals surface area contributed by atoms with Crippen LogP contribution in [0.1, 0.15) is 6.92 Å². The molecule has 0 bridgehead atoms. The third-order valence-corrected chi connectivity index (χ3v) is 0.251. The topological polar surface area (TPSA) is 51.0 Å². The highest BCUT2D eigenvalue weighted by atomic mass is 16.7. The Hall–Kier alpha value is -0.930. The predicted molar refractivity (Wildman–Crippen MR) is 22.5 cm³/mol. The Kier molecular flexibility index (Phi) is 2.83. The molecule has 0 atom stereocenters. The third kappa shape index (κ3) is 5.07. The van der Waals surface area contributed by atoms with Gasteiger partial charge in [-0.25, -0.2) is 4.79 Å². The molecule has 0 aliphatic rings. The van der Waals surface area contributed by atoms with Gasteiger partial charge in [-0.05, 0) is 0 Å². The first-order valence-corrected chi connectivity index (χ1v) is 1.74. The van der Waals surface area contributed by atoms with Crippen molar-refractivity contribution in [2.45, 2.75) is 6.92 Å². The van der Waals surface area contributed by atoms with Gasteiger partial charge in [-0.2, -0.15) is 5.11 Å². The molecule has 0 saturated heterocycles. The molecule has 0 radical (unpaired) electrons. The van der Waals surface area contributed by atoms with Crippen molar-refractivity contribution in [1.82, 2.24) is 0 Å². The van der Waals surface area contributed by atoms with Gasteiger partial charge >= 0.3 is 5.97 Å². The van der Waals surface area contributed by atoms with Crippen molar-refractivity contribution < 1.29 is 9.63 Å². The average Bonchev–Trinajstić information content (AvgIpc) is 1.61. The van der Waals surface area contributed by atoms with Crippen LogP contribution in [0.2, 0.25) is 0 Å². The maximum atomic E-state index is 9.83. The minimum atomic E-state index is -0.453. The smallest absolute Gasteiger partial charge is 0.301 e. The fraction of sp³-hybridized carbons (Fsp3) is 0.667. The number of carbonyl (C=O) groups excluding carboxylic acids is 1. The van der Waals surface area contributed by atoms with E-state index in [1.54, 1.807) is 0 Å². The summed E-state index contributed by atoms with van der Waals surface area (Å²) >= 11 is 0. The van der Waals surface area contributed by atoms with Gasteiger partial charge in [0.15, 0.2) is 0 Å². The fourth-order valence-corrected chi connectivity index (χ4v) is 0.0983. The Balaban J connectivity index is 3.14.